The molecule has 1 unspecified atom stereocenters. The van der Waals surface area contributed by atoms with E-state index in [1.165, 1.54) is 12.8 Å². The van der Waals surface area contributed by atoms with E-state index in [9.17, 15) is 0 Å². The van der Waals surface area contributed by atoms with Crippen LogP contribution in [-0.4, -0.2) is 35.6 Å². The number of amidine groups is 1. The lowest BCUT2D eigenvalue weighted by Gasteiger charge is -2.29. The van der Waals surface area contributed by atoms with E-state index in [1.54, 1.807) is 0 Å². The van der Waals surface area contributed by atoms with Gasteiger partial charge in [-0.15, -0.1) is 0 Å². The van der Waals surface area contributed by atoms with Crippen LogP contribution in [0.15, 0.2) is 35.5 Å². The highest BCUT2D eigenvalue weighted by molar-refractivity contribution is 5.87. The van der Waals surface area contributed by atoms with Gasteiger partial charge in [0.25, 0.3) is 0 Å². The summed E-state index contributed by atoms with van der Waals surface area (Å²) in [6, 6.07) is 10.0. The summed E-state index contributed by atoms with van der Waals surface area (Å²) in [6.07, 6.45) is 2.37. The molecule has 0 aliphatic rings. The highest BCUT2D eigenvalue weighted by Crippen LogP contribution is 2.19. The van der Waals surface area contributed by atoms with Crippen molar-refractivity contribution in [3.63, 3.8) is 0 Å². The second kappa shape index (κ2) is 9.40. The summed E-state index contributed by atoms with van der Waals surface area (Å²) in [4.78, 5) is 2.40. The van der Waals surface area contributed by atoms with Crippen LogP contribution < -0.4 is 5.73 Å². The Labute approximate surface area is 128 Å². The van der Waals surface area contributed by atoms with Crippen molar-refractivity contribution in [2.24, 2.45) is 16.8 Å². The summed E-state index contributed by atoms with van der Waals surface area (Å²) >= 11 is 0. The van der Waals surface area contributed by atoms with Crippen LogP contribution >= 0.6 is 0 Å². The lowest BCUT2D eigenvalue weighted by Crippen LogP contribution is -2.37. The van der Waals surface area contributed by atoms with Crippen molar-refractivity contribution in [3.8, 4) is 0 Å². The molecular weight excluding hydrogens is 262 g/mol. The maximum Gasteiger partial charge on any atom is 0.147 e. The molecular formula is C17H29N3O. The number of oxime groups is 1. The molecule has 3 N–H and O–H groups in total. The molecule has 21 heavy (non-hydrogen) atoms. The average Bonchev–Trinajstić information content (AvgIpc) is 2.55. The van der Waals surface area contributed by atoms with Gasteiger partial charge in [-0.3, -0.25) is 0 Å². The molecule has 1 aromatic carbocycles. The monoisotopic (exact) mass is 291 g/mol. The van der Waals surface area contributed by atoms with Gasteiger partial charge in [0.15, 0.2) is 0 Å². The van der Waals surface area contributed by atoms with Gasteiger partial charge in [0, 0.05) is 13.1 Å². The Balaban J connectivity index is 2.85. The molecule has 0 aliphatic heterocycles. The zero-order valence-electron chi connectivity index (χ0n) is 13.5. The Kier molecular flexibility index (Phi) is 7.83. The molecule has 0 fully saturated rings. The minimum atomic E-state index is -0.0643. The van der Waals surface area contributed by atoms with Crippen LogP contribution in [0.4, 0.5) is 0 Å². The summed E-state index contributed by atoms with van der Waals surface area (Å²) in [5.41, 5.74) is 7.01. The fraction of sp³-hybridized carbons (Fsp3) is 0.588. The number of nitrogens with zero attached hydrogens (tertiary/aromatic N) is 2. The second-order valence-electron chi connectivity index (χ2n) is 5.52. The third kappa shape index (κ3) is 5.38. The van der Waals surface area contributed by atoms with Crippen LogP contribution in [0.5, 0.6) is 0 Å². The van der Waals surface area contributed by atoms with E-state index in [2.05, 4.69) is 30.8 Å². The van der Waals surface area contributed by atoms with Crippen molar-refractivity contribution in [1.29, 1.82) is 0 Å². The molecule has 4 heteroatoms. The Morgan fingerprint density at radius 2 is 1.76 bits per heavy atom. The van der Waals surface area contributed by atoms with Crippen molar-refractivity contribution in [2.75, 3.05) is 19.6 Å². The van der Waals surface area contributed by atoms with Gasteiger partial charge >= 0.3 is 0 Å². The van der Waals surface area contributed by atoms with Crippen molar-refractivity contribution < 1.29 is 5.21 Å². The van der Waals surface area contributed by atoms with E-state index in [4.69, 9.17) is 10.9 Å². The second-order valence-corrected chi connectivity index (χ2v) is 5.52. The number of hydrogen-bond donors (Lipinski definition) is 2. The predicted molar refractivity (Wildman–Crippen MR) is 88.8 cm³/mol. The molecule has 1 rings (SSSR count). The van der Waals surface area contributed by atoms with Crippen molar-refractivity contribution in [3.05, 3.63) is 35.9 Å². The quantitative estimate of drug-likeness (QED) is 0.318. The molecule has 1 aromatic rings. The largest absolute Gasteiger partial charge is 0.409 e. The molecule has 0 radical (unpaired) electrons. The smallest absolute Gasteiger partial charge is 0.147 e. The first kappa shape index (κ1) is 17.5. The van der Waals surface area contributed by atoms with Gasteiger partial charge in [-0.25, -0.2) is 0 Å². The first-order chi connectivity index (χ1) is 10.2. The van der Waals surface area contributed by atoms with E-state index in [1.807, 2.05) is 30.3 Å². The fourth-order valence-electron chi connectivity index (χ4n) is 2.63. The molecule has 0 saturated carbocycles. The Morgan fingerprint density at radius 3 is 2.24 bits per heavy atom. The first-order valence-electron chi connectivity index (χ1n) is 7.90. The van der Waals surface area contributed by atoms with Gasteiger partial charge < -0.3 is 15.8 Å². The highest BCUT2D eigenvalue weighted by Gasteiger charge is 2.21. The number of rotatable bonds is 9. The van der Waals surface area contributed by atoms with Gasteiger partial charge in [-0.2, -0.15) is 0 Å². The van der Waals surface area contributed by atoms with Crippen LogP contribution in [0.3, 0.4) is 0 Å². The van der Waals surface area contributed by atoms with E-state index >= 15 is 0 Å². The van der Waals surface area contributed by atoms with Crippen LogP contribution in [0.25, 0.3) is 0 Å². The molecule has 0 aliphatic carbocycles. The summed E-state index contributed by atoms with van der Waals surface area (Å²) in [6.45, 7) is 9.45. The summed E-state index contributed by atoms with van der Waals surface area (Å²) < 4.78 is 0. The van der Waals surface area contributed by atoms with E-state index < -0.39 is 0 Å². The Hall–Kier alpha value is -1.55. The van der Waals surface area contributed by atoms with Gasteiger partial charge in [-0.05, 0) is 18.0 Å². The summed E-state index contributed by atoms with van der Waals surface area (Å²) in [5, 5.41) is 12.3. The molecule has 0 spiro atoms. The van der Waals surface area contributed by atoms with Crippen LogP contribution in [0, 0.1) is 5.92 Å². The average molecular weight is 291 g/mol. The number of likely N-dealkylation sites (N-methyl/N-ethyl adjacent to an activating group) is 1. The van der Waals surface area contributed by atoms with Gasteiger partial charge in [-0.1, -0.05) is 69.1 Å². The molecule has 4 nitrogen and oxygen atoms in total. The number of hydrogen-bond acceptors (Lipinski definition) is 3. The maximum atomic E-state index is 9.07. The van der Waals surface area contributed by atoms with Crippen LogP contribution in [0.2, 0.25) is 0 Å². The third-order valence-electron chi connectivity index (χ3n) is 4.23. The number of nitrogens with two attached hydrogens (primary N) is 1. The molecule has 0 bridgehead atoms. The van der Waals surface area contributed by atoms with E-state index in [0.717, 1.165) is 25.2 Å². The maximum absolute atomic E-state index is 9.07. The fourth-order valence-corrected chi connectivity index (χ4v) is 2.63. The highest BCUT2D eigenvalue weighted by atomic mass is 16.4. The molecule has 118 valence electrons. The lowest BCUT2D eigenvalue weighted by molar-refractivity contribution is 0.229. The first-order valence-corrected chi connectivity index (χ1v) is 7.90. The normalized spacial score (nSPS) is 13.9. The minimum Gasteiger partial charge on any atom is -0.409 e. The third-order valence-corrected chi connectivity index (χ3v) is 4.23. The van der Waals surface area contributed by atoms with Gasteiger partial charge in [0.1, 0.15) is 5.84 Å². The summed E-state index contributed by atoms with van der Waals surface area (Å²) in [7, 11) is 0. The van der Waals surface area contributed by atoms with Crippen molar-refractivity contribution in [1.82, 2.24) is 4.90 Å². The Morgan fingerprint density at radius 1 is 1.14 bits per heavy atom. The predicted octanol–water partition coefficient (Wildman–Crippen LogP) is 3.27. The lowest BCUT2D eigenvalue weighted by atomic mass is 9.96. The van der Waals surface area contributed by atoms with E-state index in [-0.39, 0.29) is 11.8 Å². The molecule has 0 heterocycles. The summed E-state index contributed by atoms with van der Waals surface area (Å²) in [5.74, 6) is 0.920. The number of benzene rings is 1. The van der Waals surface area contributed by atoms with Crippen LogP contribution in [0.1, 0.15) is 45.1 Å². The van der Waals surface area contributed by atoms with E-state index in [0.29, 0.717) is 5.92 Å². The zero-order valence-corrected chi connectivity index (χ0v) is 13.5. The minimum absolute atomic E-state index is 0.0643. The van der Waals surface area contributed by atoms with Crippen molar-refractivity contribution >= 4 is 5.84 Å². The van der Waals surface area contributed by atoms with Gasteiger partial charge in [0.05, 0.1) is 5.92 Å². The van der Waals surface area contributed by atoms with Gasteiger partial charge in [0.2, 0.25) is 0 Å². The SMILES string of the molecule is CCC(CC)CN(CC)CC(C(N)=NO)c1ccccc1. The molecule has 1 atom stereocenters. The Bertz CT molecular complexity index is 415. The van der Waals surface area contributed by atoms with Crippen LogP contribution in [-0.2, 0) is 0 Å². The standard InChI is InChI=1S/C17H29N3O/c1-4-14(5-2)12-20(6-3)13-16(17(18)19-21)15-10-8-7-9-11-15/h7-11,14,16,21H,4-6,12-13H2,1-3H3,(H2,18,19). The molecule has 0 amide bonds. The zero-order chi connectivity index (χ0) is 15.7. The molecule has 0 aromatic heterocycles. The molecule has 0 saturated heterocycles. The topological polar surface area (TPSA) is 61.8 Å². The van der Waals surface area contributed by atoms with Crippen molar-refractivity contribution in [2.45, 2.75) is 39.5 Å².